The number of rotatable bonds is 4. The number of nitrogens with two attached hydrogens (primary N) is 1. The fourth-order valence-electron chi connectivity index (χ4n) is 2.71. The Labute approximate surface area is 113 Å². The highest BCUT2D eigenvalue weighted by molar-refractivity contribution is 5.55. The number of aromatic nitrogens is 2. The highest BCUT2D eigenvalue weighted by Crippen LogP contribution is 2.22. The summed E-state index contributed by atoms with van der Waals surface area (Å²) in [5, 5.41) is 0. The van der Waals surface area contributed by atoms with Crippen LogP contribution in [0.1, 0.15) is 18.5 Å². The number of pyridine rings is 1. The minimum atomic E-state index is 0.320. The molecule has 0 saturated carbocycles. The summed E-state index contributed by atoms with van der Waals surface area (Å²) in [6, 6.07) is 5.99. The summed E-state index contributed by atoms with van der Waals surface area (Å²) in [6.07, 6.45) is 4.62. The molecule has 2 aromatic rings. The van der Waals surface area contributed by atoms with E-state index in [0.717, 1.165) is 43.2 Å². The van der Waals surface area contributed by atoms with Crippen molar-refractivity contribution >= 4 is 11.5 Å². The van der Waals surface area contributed by atoms with Crippen molar-refractivity contribution in [1.29, 1.82) is 0 Å². The third-order valence-electron chi connectivity index (χ3n) is 3.66. The number of likely N-dealkylation sites (N-methyl/N-ethyl adjacent to an activating group) is 1. The lowest BCUT2D eigenvalue weighted by Crippen LogP contribution is -2.29. The summed E-state index contributed by atoms with van der Waals surface area (Å²) in [5.41, 5.74) is 7.88. The van der Waals surface area contributed by atoms with Gasteiger partial charge in [-0.15, -0.1) is 0 Å². The summed E-state index contributed by atoms with van der Waals surface area (Å²) in [7, 11) is 2.06. The average Bonchev–Trinajstić information content (AvgIpc) is 3.04. The number of nitrogens with zero attached hydrogens (tertiary/aromatic N) is 3. The molecule has 3 heterocycles. The normalized spacial score (nSPS) is 19.2. The van der Waals surface area contributed by atoms with Crippen molar-refractivity contribution in [2.24, 2.45) is 5.73 Å². The van der Waals surface area contributed by atoms with Crippen molar-refractivity contribution in [2.45, 2.75) is 25.5 Å². The van der Waals surface area contributed by atoms with Crippen LogP contribution < -0.4 is 10.6 Å². The SMILES string of the molecule is CN(CC1CCCO1)c1nc2ccccn2c1CN. The first kappa shape index (κ1) is 12.4. The Morgan fingerprint density at radius 1 is 1.53 bits per heavy atom. The smallest absolute Gasteiger partial charge is 0.152 e. The van der Waals surface area contributed by atoms with Crippen LogP contribution in [-0.4, -0.2) is 35.7 Å². The molecule has 1 saturated heterocycles. The zero-order valence-corrected chi connectivity index (χ0v) is 11.2. The molecule has 1 aliphatic heterocycles. The number of fused-ring (bicyclic) bond motifs is 1. The van der Waals surface area contributed by atoms with Crippen LogP contribution in [0.25, 0.3) is 5.65 Å². The van der Waals surface area contributed by atoms with E-state index in [9.17, 15) is 0 Å². The van der Waals surface area contributed by atoms with E-state index < -0.39 is 0 Å². The molecular weight excluding hydrogens is 240 g/mol. The highest BCUT2D eigenvalue weighted by atomic mass is 16.5. The van der Waals surface area contributed by atoms with Gasteiger partial charge in [0.25, 0.3) is 0 Å². The lowest BCUT2D eigenvalue weighted by atomic mass is 10.2. The molecule has 102 valence electrons. The van der Waals surface area contributed by atoms with Gasteiger partial charge in [0.05, 0.1) is 11.8 Å². The zero-order chi connectivity index (χ0) is 13.2. The first-order valence-corrected chi connectivity index (χ1v) is 6.78. The van der Waals surface area contributed by atoms with Crippen LogP contribution in [0, 0.1) is 0 Å². The van der Waals surface area contributed by atoms with Gasteiger partial charge >= 0.3 is 0 Å². The van der Waals surface area contributed by atoms with Crippen LogP contribution >= 0.6 is 0 Å². The fourth-order valence-corrected chi connectivity index (χ4v) is 2.71. The maximum Gasteiger partial charge on any atom is 0.152 e. The number of hydrogen-bond donors (Lipinski definition) is 1. The number of imidazole rings is 1. The molecule has 0 amide bonds. The van der Waals surface area contributed by atoms with E-state index in [1.807, 2.05) is 24.4 Å². The molecule has 2 aromatic heterocycles. The first-order chi connectivity index (χ1) is 9.29. The lowest BCUT2D eigenvalue weighted by molar-refractivity contribution is 0.116. The summed E-state index contributed by atoms with van der Waals surface area (Å²) >= 11 is 0. The molecule has 1 unspecified atom stereocenters. The topological polar surface area (TPSA) is 55.8 Å². The minimum Gasteiger partial charge on any atom is -0.376 e. The van der Waals surface area contributed by atoms with E-state index >= 15 is 0 Å². The van der Waals surface area contributed by atoms with Gasteiger partial charge in [-0.1, -0.05) is 6.07 Å². The maximum atomic E-state index is 5.89. The summed E-state index contributed by atoms with van der Waals surface area (Å²) in [5.74, 6) is 0.962. The van der Waals surface area contributed by atoms with Crippen molar-refractivity contribution in [3.05, 3.63) is 30.1 Å². The molecule has 3 rings (SSSR count). The fraction of sp³-hybridized carbons (Fsp3) is 0.500. The predicted octanol–water partition coefficient (Wildman–Crippen LogP) is 1.41. The summed E-state index contributed by atoms with van der Waals surface area (Å²) < 4.78 is 7.74. The molecule has 5 heteroatoms. The molecule has 1 fully saturated rings. The van der Waals surface area contributed by atoms with Crippen LogP contribution in [0.15, 0.2) is 24.4 Å². The summed E-state index contributed by atoms with van der Waals surface area (Å²) in [4.78, 5) is 6.84. The van der Waals surface area contributed by atoms with Crippen LogP contribution in [-0.2, 0) is 11.3 Å². The number of hydrogen-bond acceptors (Lipinski definition) is 4. The molecule has 0 spiro atoms. The van der Waals surface area contributed by atoms with Gasteiger partial charge in [-0.2, -0.15) is 0 Å². The minimum absolute atomic E-state index is 0.320. The van der Waals surface area contributed by atoms with E-state index in [4.69, 9.17) is 10.5 Å². The van der Waals surface area contributed by atoms with E-state index in [2.05, 4.69) is 21.3 Å². The monoisotopic (exact) mass is 260 g/mol. The van der Waals surface area contributed by atoms with Crippen molar-refractivity contribution in [2.75, 3.05) is 25.1 Å². The quantitative estimate of drug-likeness (QED) is 0.903. The van der Waals surface area contributed by atoms with E-state index in [-0.39, 0.29) is 0 Å². The molecular formula is C14H20N4O. The van der Waals surface area contributed by atoms with Gasteiger partial charge in [0, 0.05) is 32.9 Å². The van der Waals surface area contributed by atoms with Gasteiger partial charge in [0.1, 0.15) is 5.65 Å². The van der Waals surface area contributed by atoms with Crippen molar-refractivity contribution in [1.82, 2.24) is 9.38 Å². The Morgan fingerprint density at radius 3 is 3.16 bits per heavy atom. The Morgan fingerprint density at radius 2 is 2.42 bits per heavy atom. The first-order valence-electron chi connectivity index (χ1n) is 6.78. The van der Waals surface area contributed by atoms with Crippen LogP contribution in [0.4, 0.5) is 5.82 Å². The van der Waals surface area contributed by atoms with Gasteiger partial charge in [-0.25, -0.2) is 4.98 Å². The molecule has 0 radical (unpaired) electrons. The molecule has 0 bridgehead atoms. The van der Waals surface area contributed by atoms with Gasteiger partial charge in [-0.05, 0) is 25.0 Å². The standard InChI is InChI=1S/C14H20N4O/c1-17(10-11-5-4-8-19-11)14-12(9-15)18-7-3-2-6-13(18)16-14/h2-3,6-7,11H,4-5,8-10,15H2,1H3. The second-order valence-electron chi connectivity index (χ2n) is 5.03. The molecule has 0 aromatic carbocycles. The molecule has 1 atom stereocenters. The third-order valence-corrected chi connectivity index (χ3v) is 3.66. The Kier molecular flexibility index (Phi) is 3.40. The third kappa shape index (κ3) is 2.31. The van der Waals surface area contributed by atoms with Crippen LogP contribution in [0.2, 0.25) is 0 Å². The second-order valence-corrected chi connectivity index (χ2v) is 5.03. The predicted molar refractivity (Wildman–Crippen MR) is 75.3 cm³/mol. The number of anilines is 1. The molecule has 0 aliphatic carbocycles. The zero-order valence-electron chi connectivity index (χ0n) is 11.2. The molecule has 5 nitrogen and oxygen atoms in total. The maximum absolute atomic E-state index is 5.89. The van der Waals surface area contributed by atoms with Crippen LogP contribution in [0.5, 0.6) is 0 Å². The Hall–Kier alpha value is -1.59. The molecule has 1 aliphatic rings. The Balaban J connectivity index is 1.90. The average molecular weight is 260 g/mol. The van der Waals surface area contributed by atoms with Gasteiger partial charge < -0.3 is 19.8 Å². The van der Waals surface area contributed by atoms with E-state index in [1.165, 1.54) is 0 Å². The summed E-state index contributed by atoms with van der Waals surface area (Å²) in [6.45, 7) is 2.24. The number of ether oxygens (including phenoxy) is 1. The van der Waals surface area contributed by atoms with Gasteiger partial charge in [0.15, 0.2) is 5.82 Å². The van der Waals surface area contributed by atoms with Crippen molar-refractivity contribution in [3.63, 3.8) is 0 Å². The van der Waals surface area contributed by atoms with Gasteiger partial charge in [0.2, 0.25) is 0 Å². The van der Waals surface area contributed by atoms with Crippen LogP contribution in [0.3, 0.4) is 0 Å². The highest BCUT2D eigenvalue weighted by Gasteiger charge is 2.21. The van der Waals surface area contributed by atoms with Crippen molar-refractivity contribution < 1.29 is 4.74 Å². The second kappa shape index (κ2) is 5.19. The largest absolute Gasteiger partial charge is 0.376 e. The lowest BCUT2D eigenvalue weighted by Gasteiger charge is -2.21. The molecule has 19 heavy (non-hydrogen) atoms. The molecule has 2 N–H and O–H groups in total. The van der Waals surface area contributed by atoms with E-state index in [0.29, 0.717) is 12.6 Å². The van der Waals surface area contributed by atoms with Crippen molar-refractivity contribution in [3.8, 4) is 0 Å². The Bertz CT molecular complexity index is 560. The van der Waals surface area contributed by atoms with E-state index in [1.54, 1.807) is 0 Å². The van der Waals surface area contributed by atoms with Gasteiger partial charge in [-0.3, -0.25) is 0 Å².